The van der Waals surface area contributed by atoms with Gasteiger partial charge in [0.05, 0.1) is 0 Å². The van der Waals surface area contributed by atoms with Gasteiger partial charge in [0.25, 0.3) is 0 Å². The zero-order valence-electron chi connectivity index (χ0n) is 9.01. The van der Waals surface area contributed by atoms with Crippen LogP contribution in [0.15, 0.2) is 0 Å². The molecule has 3 nitrogen and oxygen atoms in total. The Hall–Kier alpha value is -0.280. The van der Waals surface area contributed by atoms with Crippen molar-refractivity contribution in [2.45, 2.75) is 38.5 Å². The van der Waals surface area contributed by atoms with Gasteiger partial charge < -0.3 is 10.1 Å². The molecule has 4 heteroatoms. The second kappa shape index (κ2) is 9.28. The minimum atomic E-state index is -0.0570. The van der Waals surface area contributed by atoms with Crippen LogP contribution < -0.4 is 5.32 Å². The second-order valence-corrected chi connectivity index (χ2v) is 3.81. The number of ether oxygens (including phenoxy) is 1. The monoisotopic (exact) mass is 221 g/mol. The van der Waals surface area contributed by atoms with Crippen LogP contribution in [0, 0.1) is 0 Å². The van der Waals surface area contributed by atoms with E-state index in [9.17, 15) is 4.79 Å². The second-order valence-electron chi connectivity index (χ2n) is 3.20. The molecule has 14 heavy (non-hydrogen) atoms. The van der Waals surface area contributed by atoms with Crippen molar-refractivity contribution in [1.29, 1.82) is 0 Å². The highest BCUT2D eigenvalue weighted by molar-refractivity contribution is 6.20. The van der Waals surface area contributed by atoms with Crippen LogP contribution in [0.5, 0.6) is 0 Å². The smallest absolute Gasteiger partial charge is 0.245 e. The van der Waals surface area contributed by atoms with E-state index in [1.165, 1.54) is 0 Å². The molecule has 0 aliphatic carbocycles. The van der Waals surface area contributed by atoms with Crippen LogP contribution in [-0.2, 0) is 9.53 Å². The zero-order chi connectivity index (χ0) is 10.8. The first kappa shape index (κ1) is 13.7. The first-order valence-corrected chi connectivity index (χ1v) is 5.62. The third kappa shape index (κ3) is 8.32. The van der Waals surface area contributed by atoms with Gasteiger partial charge in [0.15, 0.2) is 0 Å². The molecule has 1 N–H and O–H groups in total. The Morgan fingerprint density at radius 3 is 2.79 bits per heavy atom. The predicted octanol–water partition coefficient (Wildman–Crippen LogP) is 1.94. The quantitative estimate of drug-likeness (QED) is 0.503. The maximum atomic E-state index is 11.1. The van der Waals surface area contributed by atoms with E-state index in [-0.39, 0.29) is 17.9 Å². The van der Waals surface area contributed by atoms with Crippen molar-refractivity contribution in [1.82, 2.24) is 5.32 Å². The van der Waals surface area contributed by atoms with E-state index in [2.05, 4.69) is 5.32 Å². The SMILES string of the molecule is CCCOCC(=O)NCCC(Cl)CC. The molecule has 0 aromatic rings. The van der Waals surface area contributed by atoms with Gasteiger partial charge in [-0.3, -0.25) is 4.79 Å². The third-order valence-electron chi connectivity index (χ3n) is 1.80. The lowest BCUT2D eigenvalue weighted by Gasteiger charge is -2.08. The van der Waals surface area contributed by atoms with E-state index >= 15 is 0 Å². The minimum Gasteiger partial charge on any atom is -0.372 e. The van der Waals surface area contributed by atoms with Crippen molar-refractivity contribution < 1.29 is 9.53 Å². The summed E-state index contributed by atoms with van der Waals surface area (Å²) in [6, 6.07) is 0. The molecule has 84 valence electrons. The Balaban J connectivity index is 3.26. The van der Waals surface area contributed by atoms with Crippen LogP contribution in [-0.4, -0.2) is 31.0 Å². The fourth-order valence-electron chi connectivity index (χ4n) is 0.933. The molecule has 0 spiro atoms. The standard InChI is InChI=1S/C10H20ClNO2/c1-3-7-14-8-10(13)12-6-5-9(11)4-2/h9H,3-8H2,1-2H3,(H,12,13). The summed E-state index contributed by atoms with van der Waals surface area (Å²) in [7, 11) is 0. The molecule has 0 radical (unpaired) electrons. The molecule has 0 aromatic carbocycles. The lowest BCUT2D eigenvalue weighted by Crippen LogP contribution is -2.29. The summed E-state index contributed by atoms with van der Waals surface area (Å²) in [6.45, 7) is 5.48. The van der Waals surface area contributed by atoms with Gasteiger partial charge >= 0.3 is 0 Å². The van der Waals surface area contributed by atoms with Gasteiger partial charge in [-0.2, -0.15) is 0 Å². The molecule has 0 bridgehead atoms. The van der Waals surface area contributed by atoms with Crippen molar-refractivity contribution in [3.8, 4) is 0 Å². The fourth-order valence-corrected chi connectivity index (χ4v) is 1.04. The average molecular weight is 222 g/mol. The largest absolute Gasteiger partial charge is 0.372 e. The number of rotatable bonds is 8. The number of carbonyl (C=O) groups is 1. The average Bonchev–Trinajstić information content (AvgIpc) is 2.18. The highest BCUT2D eigenvalue weighted by Gasteiger charge is 2.03. The van der Waals surface area contributed by atoms with Crippen molar-refractivity contribution in [3.63, 3.8) is 0 Å². The molecule has 0 saturated heterocycles. The van der Waals surface area contributed by atoms with Gasteiger partial charge in [0.2, 0.25) is 5.91 Å². The minimum absolute atomic E-state index is 0.0570. The Kier molecular flexibility index (Phi) is 9.10. The number of halogens is 1. The van der Waals surface area contributed by atoms with Crippen LogP contribution in [0.2, 0.25) is 0 Å². The molecule has 0 aromatic heterocycles. The molecular weight excluding hydrogens is 202 g/mol. The summed E-state index contributed by atoms with van der Waals surface area (Å²) in [4.78, 5) is 11.1. The van der Waals surface area contributed by atoms with Crippen molar-refractivity contribution in [2.75, 3.05) is 19.8 Å². The first-order chi connectivity index (χ1) is 6.70. The lowest BCUT2D eigenvalue weighted by molar-refractivity contribution is -0.125. The summed E-state index contributed by atoms with van der Waals surface area (Å²) in [5.74, 6) is -0.0570. The molecule has 0 aliphatic rings. The van der Waals surface area contributed by atoms with E-state index in [4.69, 9.17) is 16.3 Å². The van der Waals surface area contributed by atoms with Gasteiger partial charge in [0.1, 0.15) is 6.61 Å². The number of amides is 1. The number of nitrogens with one attached hydrogen (secondary N) is 1. The Bertz CT molecular complexity index is 153. The highest BCUT2D eigenvalue weighted by Crippen LogP contribution is 2.04. The van der Waals surface area contributed by atoms with Gasteiger partial charge in [-0.05, 0) is 19.3 Å². The fraction of sp³-hybridized carbons (Fsp3) is 0.900. The lowest BCUT2D eigenvalue weighted by atomic mass is 10.2. The molecule has 0 aliphatic heterocycles. The Morgan fingerprint density at radius 2 is 2.21 bits per heavy atom. The number of hydrogen-bond acceptors (Lipinski definition) is 2. The van der Waals surface area contributed by atoms with Gasteiger partial charge in [-0.25, -0.2) is 0 Å². The number of carbonyl (C=O) groups excluding carboxylic acids is 1. The summed E-state index contributed by atoms with van der Waals surface area (Å²) in [5, 5.41) is 2.92. The Morgan fingerprint density at radius 1 is 1.50 bits per heavy atom. The van der Waals surface area contributed by atoms with E-state index in [1.54, 1.807) is 0 Å². The first-order valence-electron chi connectivity index (χ1n) is 5.19. The third-order valence-corrected chi connectivity index (χ3v) is 2.33. The molecule has 1 amide bonds. The van der Waals surface area contributed by atoms with Crippen LogP contribution in [0.1, 0.15) is 33.1 Å². The molecule has 0 fully saturated rings. The molecule has 0 heterocycles. The highest BCUT2D eigenvalue weighted by atomic mass is 35.5. The zero-order valence-corrected chi connectivity index (χ0v) is 9.77. The van der Waals surface area contributed by atoms with Crippen molar-refractivity contribution in [3.05, 3.63) is 0 Å². The number of hydrogen-bond donors (Lipinski definition) is 1. The summed E-state index contributed by atoms with van der Waals surface area (Å²) >= 11 is 5.89. The molecule has 1 unspecified atom stereocenters. The van der Waals surface area contributed by atoms with E-state index in [0.29, 0.717) is 13.2 Å². The Labute approximate surface area is 91.2 Å². The van der Waals surface area contributed by atoms with E-state index in [1.807, 2.05) is 13.8 Å². The van der Waals surface area contributed by atoms with Crippen LogP contribution >= 0.6 is 11.6 Å². The van der Waals surface area contributed by atoms with Gasteiger partial charge in [-0.1, -0.05) is 13.8 Å². The molecule has 0 rings (SSSR count). The van der Waals surface area contributed by atoms with Gasteiger partial charge in [0, 0.05) is 18.5 Å². The molecule has 1 atom stereocenters. The normalized spacial score (nSPS) is 12.5. The van der Waals surface area contributed by atoms with E-state index in [0.717, 1.165) is 19.3 Å². The summed E-state index contributed by atoms with van der Waals surface area (Å²) < 4.78 is 5.08. The van der Waals surface area contributed by atoms with Crippen LogP contribution in [0.3, 0.4) is 0 Å². The van der Waals surface area contributed by atoms with E-state index < -0.39 is 0 Å². The van der Waals surface area contributed by atoms with Crippen molar-refractivity contribution >= 4 is 17.5 Å². The predicted molar refractivity (Wildman–Crippen MR) is 58.7 cm³/mol. The maximum Gasteiger partial charge on any atom is 0.245 e. The number of alkyl halides is 1. The summed E-state index contributed by atoms with van der Waals surface area (Å²) in [6.07, 6.45) is 2.69. The van der Waals surface area contributed by atoms with Crippen LogP contribution in [0.25, 0.3) is 0 Å². The molecule has 0 saturated carbocycles. The topological polar surface area (TPSA) is 38.3 Å². The maximum absolute atomic E-state index is 11.1. The van der Waals surface area contributed by atoms with Crippen LogP contribution in [0.4, 0.5) is 0 Å². The van der Waals surface area contributed by atoms with Gasteiger partial charge in [-0.15, -0.1) is 11.6 Å². The summed E-state index contributed by atoms with van der Waals surface area (Å²) in [5.41, 5.74) is 0. The molecular formula is C10H20ClNO2. The van der Waals surface area contributed by atoms with Crippen molar-refractivity contribution in [2.24, 2.45) is 0 Å².